The Morgan fingerprint density at radius 1 is 1.22 bits per heavy atom. The Balaban J connectivity index is 1.54. The third-order valence-electron chi connectivity index (χ3n) is 9.26. The fourth-order valence-electron chi connectivity index (χ4n) is 7.88. The first kappa shape index (κ1) is 22.5. The van der Waals surface area contributed by atoms with Crippen LogP contribution in [0.1, 0.15) is 60.3 Å². The molecule has 7 nitrogen and oxygen atoms in total. The highest BCUT2D eigenvalue weighted by Crippen LogP contribution is 2.66. The second-order valence-electron chi connectivity index (χ2n) is 11.5. The second-order valence-corrected chi connectivity index (χ2v) is 11.5. The number of fused-ring (bicyclic) bond motifs is 3. The van der Waals surface area contributed by atoms with Crippen molar-refractivity contribution >= 4 is 11.8 Å². The van der Waals surface area contributed by atoms with Crippen LogP contribution in [0.15, 0.2) is 11.6 Å². The zero-order valence-electron chi connectivity index (χ0n) is 19.7. The van der Waals surface area contributed by atoms with E-state index in [2.05, 4.69) is 6.92 Å². The largest absolute Gasteiger partial charge is 0.455 e. The summed E-state index contributed by atoms with van der Waals surface area (Å²) in [7, 11) is 0. The van der Waals surface area contributed by atoms with Crippen LogP contribution in [0.2, 0.25) is 0 Å². The fraction of sp³-hybridized carbons (Fsp3) is 0.840. The van der Waals surface area contributed by atoms with Crippen molar-refractivity contribution in [2.45, 2.75) is 89.5 Å². The summed E-state index contributed by atoms with van der Waals surface area (Å²) in [5.74, 6) is -3.10. The molecule has 3 aliphatic heterocycles. The molecule has 2 N–H and O–H groups in total. The highest BCUT2D eigenvalue weighted by atomic mass is 16.7. The summed E-state index contributed by atoms with van der Waals surface area (Å²) in [6.45, 7) is 10.3. The maximum absolute atomic E-state index is 14.0. The Morgan fingerprint density at radius 2 is 1.94 bits per heavy atom. The molecule has 7 heteroatoms. The number of hydrogen-bond donors (Lipinski definition) is 2. The number of esters is 1. The molecule has 0 bridgehead atoms. The third kappa shape index (κ3) is 2.80. The maximum atomic E-state index is 14.0. The molecule has 5 rings (SSSR count). The summed E-state index contributed by atoms with van der Waals surface area (Å²) in [6, 6.07) is 0. The minimum absolute atomic E-state index is 0.0159. The van der Waals surface area contributed by atoms with Crippen molar-refractivity contribution in [1.82, 2.24) is 0 Å². The number of aliphatic hydroxyl groups is 2. The highest BCUT2D eigenvalue weighted by Gasteiger charge is 2.79. The molecule has 0 aromatic carbocycles. The van der Waals surface area contributed by atoms with Crippen molar-refractivity contribution in [3.63, 3.8) is 0 Å². The Labute approximate surface area is 189 Å². The lowest BCUT2D eigenvalue weighted by molar-refractivity contribution is -0.298. The lowest BCUT2D eigenvalue weighted by Gasteiger charge is -2.52. The molecule has 1 spiro atoms. The molecular formula is C25H36O7. The van der Waals surface area contributed by atoms with Gasteiger partial charge in [-0.05, 0) is 56.4 Å². The van der Waals surface area contributed by atoms with Crippen LogP contribution in [0.5, 0.6) is 0 Å². The summed E-state index contributed by atoms with van der Waals surface area (Å²) in [4.78, 5) is 25.7. The van der Waals surface area contributed by atoms with Gasteiger partial charge in [0.15, 0.2) is 5.79 Å². The monoisotopic (exact) mass is 448 g/mol. The molecule has 178 valence electrons. The average Bonchev–Trinajstić information content (AvgIpc) is 3.37. The second kappa shape index (κ2) is 7.11. The van der Waals surface area contributed by atoms with E-state index in [1.54, 1.807) is 0 Å². The molecular weight excluding hydrogens is 412 g/mol. The first-order valence-corrected chi connectivity index (χ1v) is 12.1. The standard InChI is InChI=1S/C25H36O7/c1-12-10-24(30-11-12)25(29)15(4)20-16(26)8-14(3)19(20)21(28)22(25)23(5,32-24)7-6-17-13(2)9-18(27)31-17/h9,12,14-17,19-20,22,26,29H,6-8,10-11H2,1-5H3/t12-,14+,15-,16+,17+,19-,20+,22+,23+,24-,25-/m1/s1. The van der Waals surface area contributed by atoms with Crippen molar-refractivity contribution in [2.75, 3.05) is 6.61 Å². The van der Waals surface area contributed by atoms with E-state index in [9.17, 15) is 19.8 Å². The number of carbonyl (C=O) groups is 2. The van der Waals surface area contributed by atoms with Gasteiger partial charge in [-0.3, -0.25) is 4.79 Å². The first-order valence-electron chi connectivity index (χ1n) is 12.1. The predicted octanol–water partition coefficient (Wildman–Crippen LogP) is 2.38. The highest BCUT2D eigenvalue weighted by molar-refractivity contribution is 5.89. The lowest BCUT2D eigenvalue weighted by atomic mass is 9.53. The molecule has 2 aliphatic carbocycles. The molecule has 0 aromatic heterocycles. The molecule has 2 saturated carbocycles. The van der Waals surface area contributed by atoms with Crippen molar-refractivity contribution in [1.29, 1.82) is 0 Å². The number of carbonyl (C=O) groups excluding carboxylic acids is 2. The van der Waals surface area contributed by atoms with Gasteiger partial charge in [0.1, 0.15) is 17.5 Å². The Morgan fingerprint density at radius 3 is 2.53 bits per heavy atom. The molecule has 2 saturated heterocycles. The van der Waals surface area contributed by atoms with Gasteiger partial charge in [0.2, 0.25) is 0 Å². The number of rotatable bonds is 3. The van der Waals surface area contributed by atoms with Crippen LogP contribution in [0.4, 0.5) is 0 Å². The van der Waals surface area contributed by atoms with E-state index in [0.717, 1.165) is 5.57 Å². The molecule has 4 fully saturated rings. The summed E-state index contributed by atoms with van der Waals surface area (Å²) < 4.78 is 18.3. The Hall–Kier alpha value is -1.28. The number of aliphatic hydroxyl groups excluding tert-OH is 1. The number of hydrogen-bond acceptors (Lipinski definition) is 7. The lowest BCUT2D eigenvalue weighted by Crippen LogP contribution is -2.67. The maximum Gasteiger partial charge on any atom is 0.331 e. The van der Waals surface area contributed by atoms with Crippen LogP contribution in [0.25, 0.3) is 0 Å². The van der Waals surface area contributed by atoms with Gasteiger partial charge in [-0.1, -0.05) is 20.8 Å². The van der Waals surface area contributed by atoms with Crippen molar-refractivity contribution in [3.8, 4) is 0 Å². The van der Waals surface area contributed by atoms with Crippen LogP contribution < -0.4 is 0 Å². The zero-order valence-corrected chi connectivity index (χ0v) is 19.7. The minimum Gasteiger partial charge on any atom is -0.455 e. The normalized spacial score (nSPS) is 54.7. The van der Waals surface area contributed by atoms with E-state index < -0.39 is 29.0 Å². The fourth-order valence-corrected chi connectivity index (χ4v) is 7.88. The summed E-state index contributed by atoms with van der Waals surface area (Å²) in [6.07, 6.45) is 2.58. The van der Waals surface area contributed by atoms with Gasteiger partial charge < -0.3 is 24.4 Å². The Bertz CT molecular complexity index is 868. The van der Waals surface area contributed by atoms with E-state index in [-0.39, 0.29) is 47.4 Å². The molecule has 0 amide bonds. The summed E-state index contributed by atoms with van der Waals surface area (Å²) in [5.41, 5.74) is -1.62. The Kier molecular flexibility index (Phi) is 5.00. The van der Waals surface area contributed by atoms with Gasteiger partial charge in [0.05, 0.1) is 24.2 Å². The van der Waals surface area contributed by atoms with Gasteiger partial charge in [0.25, 0.3) is 0 Å². The van der Waals surface area contributed by atoms with Crippen LogP contribution in [0.3, 0.4) is 0 Å². The predicted molar refractivity (Wildman–Crippen MR) is 114 cm³/mol. The molecule has 11 atom stereocenters. The van der Waals surface area contributed by atoms with E-state index in [1.165, 1.54) is 6.08 Å². The van der Waals surface area contributed by atoms with Crippen molar-refractivity contribution < 1.29 is 34.0 Å². The van der Waals surface area contributed by atoms with E-state index in [0.29, 0.717) is 32.3 Å². The molecule has 3 heterocycles. The molecule has 5 aliphatic rings. The number of cyclic esters (lactones) is 1. The van der Waals surface area contributed by atoms with Gasteiger partial charge in [-0.2, -0.15) is 0 Å². The first-order chi connectivity index (χ1) is 14.9. The van der Waals surface area contributed by atoms with Crippen LogP contribution in [-0.2, 0) is 23.8 Å². The van der Waals surface area contributed by atoms with Crippen LogP contribution in [0, 0.1) is 35.5 Å². The number of Topliss-reactive ketones (excluding diaryl/α,β-unsaturated/α-hetero) is 1. The topological polar surface area (TPSA) is 102 Å². The van der Waals surface area contributed by atoms with E-state index in [4.69, 9.17) is 14.2 Å². The van der Waals surface area contributed by atoms with Gasteiger partial charge in [-0.25, -0.2) is 4.79 Å². The van der Waals surface area contributed by atoms with Crippen molar-refractivity contribution in [3.05, 3.63) is 11.6 Å². The average molecular weight is 449 g/mol. The summed E-state index contributed by atoms with van der Waals surface area (Å²) in [5, 5.41) is 23.2. The van der Waals surface area contributed by atoms with E-state index >= 15 is 0 Å². The molecule has 32 heavy (non-hydrogen) atoms. The SMILES string of the molecule is CC1=CC(=O)O[C@H]1CC[C@]1(C)O[C@]2(C[C@@H](C)CO2)[C@@]2(O)[C@H](C)[C@@H]3[C@H](C(=O)[C@H]21)[C@@H](C)C[C@@H]3O. The van der Waals surface area contributed by atoms with Crippen LogP contribution in [-0.4, -0.2) is 57.8 Å². The number of ether oxygens (including phenoxy) is 3. The quantitative estimate of drug-likeness (QED) is 0.639. The minimum atomic E-state index is -1.52. The van der Waals surface area contributed by atoms with Gasteiger partial charge >= 0.3 is 5.97 Å². The van der Waals surface area contributed by atoms with E-state index in [1.807, 2.05) is 27.7 Å². The molecule has 0 aromatic rings. The van der Waals surface area contributed by atoms with Gasteiger partial charge in [0, 0.05) is 24.3 Å². The van der Waals surface area contributed by atoms with Crippen LogP contribution >= 0.6 is 0 Å². The molecule has 0 radical (unpaired) electrons. The smallest absolute Gasteiger partial charge is 0.331 e. The molecule has 0 unspecified atom stereocenters. The number of ketones is 1. The van der Waals surface area contributed by atoms with Crippen molar-refractivity contribution in [2.24, 2.45) is 35.5 Å². The van der Waals surface area contributed by atoms with Gasteiger partial charge in [-0.15, -0.1) is 0 Å². The zero-order chi connectivity index (χ0) is 23.2. The third-order valence-corrected chi connectivity index (χ3v) is 9.26. The summed E-state index contributed by atoms with van der Waals surface area (Å²) >= 11 is 0.